The van der Waals surface area contributed by atoms with Crippen LogP contribution in [0.1, 0.15) is 92.7 Å². The Kier molecular flexibility index (Phi) is 10.3. The minimum Gasteiger partial charge on any atom is -0.481 e. The molecule has 1 spiro atoms. The van der Waals surface area contributed by atoms with Crippen molar-refractivity contribution in [3.05, 3.63) is 93.5 Å². The Morgan fingerprint density at radius 1 is 0.889 bits per heavy atom. The topological polar surface area (TPSA) is 99.1 Å². The van der Waals surface area contributed by atoms with Gasteiger partial charge >= 0.3 is 5.97 Å². The van der Waals surface area contributed by atoms with Crippen molar-refractivity contribution in [1.82, 2.24) is 10.2 Å². The van der Waals surface area contributed by atoms with Crippen LogP contribution in [0.2, 0.25) is 10.0 Å². The lowest BCUT2D eigenvalue weighted by Crippen LogP contribution is -2.50. The standard InChI is InChI=1S/C36H39Cl2N3O4/c1-23(2)6-15-31(25-9-13-27(14-10-25)34(44)39-19-16-32(42)43)41-35(45)33(40-36(41)17-4-3-5-18-36)26-11-7-24(8-12-26)28-20-29(37)22-30(38)21-28/h7-14,20-23,31H,3-6,15-19H2,1-2H3,(H,39,44)(H,42,43)/t31-/m1/s1. The number of nitrogens with zero attached hydrogens (tertiary/aromatic N) is 2. The number of nitrogens with one attached hydrogen (secondary N) is 1. The van der Waals surface area contributed by atoms with E-state index in [0.29, 0.717) is 27.2 Å². The molecule has 0 radical (unpaired) electrons. The van der Waals surface area contributed by atoms with Gasteiger partial charge in [0.2, 0.25) is 0 Å². The summed E-state index contributed by atoms with van der Waals surface area (Å²) in [6, 6.07) is 20.4. The van der Waals surface area contributed by atoms with Gasteiger partial charge in [-0.15, -0.1) is 0 Å². The van der Waals surface area contributed by atoms with Crippen molar-refractivity contribution in [2.45, 2.75) is 76.9 Å². The highest BCUT2D eigenvalue weighted by Crippen LogP contribution is 2.46. The molecule has 2 aliphatic rings. The molecule has 0 saturated heterocycles. The van der Waals surface area contributed by atoms with Crippen molar-refractivity contribution in [1.29, 1.82) is 0 Å². The van der Waals surface area contributed by atoms with Crippen LogP contribution < -0.4 is 5.32 Å². The van der Waals surface area contributed by atoms with E-state index in [9.17, 15) is 14.4 Å². The number of halogens is 2. The van der Waals surface area contributed by atoms with Crippen LogP contribution >= 0.6 is 23.2 Å². The van der Waals surface area contributed by atoms with Crippen molar-refractivity contribution < 1.29 is 19.5 Å². The quantitative estimate of drug-likeness (QED) is 0.218. The fourth-order valence-electron chi connectivity index (χ4n) is 6.42. The molecule has 0 bridgehead atoms. The zero-order valence-electron chi connectivity index (χ0n) is 25.7. The summed E-state index contributed by atoms with van der Waals surface area (Å²) in [5.41, 5.74) is 3.90. The van der Waals surface area contributed by atoms with E-state index >= 15 is 0 Å². The highest BCUT2D eigenvalue weighted by atomic mass is 35.5. The molecular weight excluding hydrogens is 609 g/mol. The predicted molar refractivity (Wildman–Crippen MR) is 179 cm³/mol. The molecule has 45 heavy (non-hydrogen) atoms. The van der Waals surface area contributed by atoms with Gasteiger partial charge in [0, 0.05) is 27.7 Å². The van der Waals surface area contributed by atoms with E-state index in [1.54, 1.807) is 18.2 Å². The van der Waals surface area contributed by atoms with Gasteiger partial charge in [-0.25, -0.2) is 0 Å². The van der Waals surface area contributed by atoms with E-state index in [1.807, 2.05) is 53.4 Å². The van der Waals surface area contributed by atoms with Crippen LogP contribution in [-0.2, 0) is 9.59 Å². The smallest absolute Gasteiger partial charge is 0.305 e. The van der Waals surface area contributed by atoms with E-state index in [4.69, 9.17) is 33.3 Å². The van der Waals surface area contributed by atoms with Crippen LogP contribution in [0.4, 0.5) is 0 Å². The first kappa shape index (κ1) is 32.7. The van der Waals surface area contributed by atoms with Crippen molar-refractivity contribution in [2.75, 3.05) is 6.54 Å². The van der Waals surface area contributed by atoms with E-state index in [0.717, 1.165) is 67.2 Å². The molecular formula is C36H39Cl2N3O4. The molecule has 1 aliphatic carbocycles. The van der Waals surface area contributed by atoms with Gasteiger partial charge < -0.3 is 15.3 Å². The van der Waals surface area contributed by atoms with Crippen LogP contribution in [0.25, 0.3) is 11.1 Å². The first-order valence-corrected chi connectivity index (χ1v) is 16.4. The summed E-state index contributed by atoms with van der Waals surface area (Å²) in [5, 5.41) is 12.7. The summed E-state index contributed by atoms with van der Waals surface area (Å²) in [4.78, 5) is 45.2. The zero-order chi connectivity index (χ0) is 32.1. The summed E-state index contributed by atoms with van der Waals surface area (Å²) in [7, 11) is 0. The van der Waals surface area contributed by atoms with E-state index < -0.39 is 11.6 Å². The molecule has 9 heteroatoms. The molecule has 5 rings (SSSR count). The molecule has 1 heterocycles. The van der Waals surface area contributed by atoms with E-state index in [-0.39, 0.29) is 30.8 Å². The Morgan fingerprint density at radius 2 is 1.51 bits per heavy atom. The molecule has 1 saturated carbocycles. The fraction of sp³-hybridized carbons (Fsp3) is 0.389. The molecule has 1 atom stereocenters. The number of amides is 2. The highest BCUT2D eigenvalue weighted by Gasteiger charge is 2.50. The minimum absolute atomic E-state index is 0.0612. The molecule has 3 aromatic rings. The average Bonchev–Trinajstić information content (AvgIpc) is 3.28. The maximum atomic E-state index is 14.5. The van der Waals surface area contributed by atoms with Gasteiger partial charge in [-0.1, -0.05) is 79.9 Å². The lowest BCUT2D eigenvalue weighted by molar-refractivity contribution is -0.137. The van der Waals surface area contributed by atoms with E-state index in [1.165, 1.54) is 0 Å². The normalized spacial score (nSPS) is 16.6. The Morgan fingerprint density at radius 3 is 2.11 bits per heavy atom. The molecule has 0 aromatic heterocycles. The Labute approximate surface area is 274 Å². The number of rotatable bonds is 11. The number of aliphatic imine (C=N–C) groups is 1. The summed E-state index contributed by atoms with van der Waals surface area (Å²) < 4.78 is 0. The third-order valence-electron chi connectivity index (χ3n) is 8.71. The van der Waals surface area contributed by atoms with Crippen LogP contribution in [0.5, 0.6) is 0 Å². The molecule has 1 aliphatic heterocycles. The highest BCUT2D eigenvalue weighted by molar-refractivity contribution is 6.46. The summed E-state index contributed by atoms with van der Waals surface area (Å²) in [5.74, 6) is -0.912. The second-order valence-corrected chi connectivity index (χ2v) is 13.3. The molecule has 3 aromatic carbocycles. The molecule has 2 N–H and O–H groups in total. The summed E-state index contributed by atoms with van der Waals surface area (Å²) in [6.07, 6.45) is 6.30. The van der Waals surface area contributed by atoms with Crippen LogP contribution in [-0.4, -0.2) is 45.7 Å². The number of carboxylic acid groups (broad SMARTS) is 1. The Balaban J connectivity index is 1.46. The Bertz CT molecular complexity index is 1560. The van der Waals surface area contributed by atoms with Crippen molar-refractivity contribution in [2.24, 2.45) is 10.9 Å². The molecule has 7 nitrogen and oxygen atoms in total. The molecule has 236 valence electrons. The maximum absolute atomic E-state index is 14.5. The third kappa shape index (κ3) is 7.59. The van der Waals surface area contributed by atoms with Crippen molar-refractivity contribution >= 4 is 46.7 Å². The second-order valence-electron chi connectivity index (χ2n) is 12.4. The summed E-state index contributed by atoms with van der Waals surface area (Å²) >= 11 is 12.5. The Hall–Kier alpha value is -3.68. The monoisotopic (exact) mass is 647 g/mol. The second kappa shape index (κ2) is 14.2. The third-order valence-corrected chi connectivity index (χ3v) is 9.15. The van der Waals surface area contributed by atoms with Crippen molar-refractivity contribution in [3.63, 3.8) is 0 Å². The molecule has 0 unspecified atom stereocenters. The molecule has 1 fully saturated rings. The number of carbonyl (C=O) groups excluding carboxylic acids is 2. The fourth-order valence-corrected chi connectivity index (χ4v) is 6.95. The summed E-state index contributed by atoms with van der Waals surface area (Å²) in [6.45, 7) is 4.42. The lowest BCUT2D eigenvalue weighted by atomic mass is 9.85. The van der Waals surface area contributed by atoms with Gasteiger partial charge in [-0.05, 0) is 91.5 Å². The first-order chi connectivity index (χ1) is 21.6. The zero-order valence-corrected chi connectivity index (χ0v) is 27.2. The maximum Gasteiger partial charge on any atom is 0.305 e. The van der Waals surface area contributed by atoms with Gasteiger partial charge in [-0.2, -0.15) is 0 Å². The van der Waals surface area contributed by atoms with E-state index in [2.05, 4.69) is 19.2 Å². The minimum atomic E-state index is -0.964. The lowest BCUT2D eigenvalue weighted by Gasteiger charge is -2.44. The number of hydrogen-bond donors (Lipinski definition) is 2. The van der Waals surface area contributed by atoms with Gasteiger partial charge in [0.1, 0.15) is 11.4 Å². The van der Waals surface area contributed by atoms with Crippen molar-refractivity contribution in [3.8, 4) is 11.1 Å². The van der Waals surface area contributed by atoms with Crippen LogP contribution in [0.3, 0.4) is 0 Å². The first-order valence-electron chi connectivity index (χ1n) is 15.7. The number of carbonyl (C=O) groups is 3. The number of aliphatic carboxylic acids is 1. The predicted octanol–water partition coefficient (Wildman–Crippen LogP) is 8.33. The van der Waals surface area contributed by atoms with Crippen LogP contribution in [0, 0.1) is 5.92 Å². The van der Waals surface area contributed by atoms with Gasteiger partial charge in [0.25, 0.3) is 11.8 Å². The average molecular weight is 649 g/mol. The largest absolute Gasteiger partial charge is 0.481 e. The van der Waals surface area contributed by atoms with Crippen LogP contribution in [0.15, 0.2) is 71.7 Å². The number of hydrogen-bond acceptors (Lipinski definition) is 4. The van der Waals surface area contributed by atoms with Gasteiger partial charge in [0.15, 0.2) is 0 Å². The molecule has 2 amide bonds. The SMILES string of the molecule is CC(C)CC[C@H](c1ccc(C(=O)NCCC(=O)O)cc1)N1C(=O)C(c2ccc(-c3cc(Cl)cc(Cl)c3)cc2)=NC12CCCCC2. The van der Waals surface area contributed by atoms with Gasteiger partial charge in [0.05, 0.1) is 12.5 Å². The number of carboxylic acids is 1. The van der Waals surface area contributed by atoms with Gasteiger partial charge in [-0.3, -0.25) is 19.4 Å². The number of benzene rings is 3.